The van der Waals surface area contributed by atoms with E-state index in [0.29, 0.717) is 11.5 Å². The predicted octanol–water partition coefficient (Wildman–Crippen LogP) is 1.67. The van der Waals surface area contributed by atoms with E-state index in [1.807, 2.05) is 12.3 Å². The van der Waals surface area contributed by atoms with E-state index < -0.39 is 0 Å². The third kappa shape index (κ3) is 2.32. The standard InChI is InChI=1S/C12H16N2OS/c13-11(16)10-6-3-7-14(12(10)15)8-9-4-1-2-5-9/h3,6-7,9H,1-2,4-5,8H2,(H2,13,16). The van der Waals surface area contributed by atoms with Gasteiger partial charge >= 0.3 is 0 Å². The average molecular weight is 236 g/mol. The smallest absolute Gasteiger partial charge is 0.260 e. The third-order valence-electron chi connectivity index (χ3n) is 3.22. The van der Waals surface area contributed by atoms with Crippen LogP contribution in [0.25, 0.3) is 0 Å². The van der Waals surface area contributed by atoms with Crippen molar-refractivity contribution in [2.45, 2.75) is 32.2 Å². The lowest BCUT2D eigenvalue weighted by atomic mass is 10.1. The van der Waals surface area contributed by atoms with E-state index in [-0.39, 0.29) is 10.5 Å². The van der Waals surface area contributed by atoms with Crippen molar-refractivity contribution in [1.82, 2.24) is 4.57 Å². The second-order valence-corrected chi connectivity index (χ2v) is 4.83. The van der Waals surface area contributed by atoms with Crippen LogP contribution in [0.5, 0.6) is 0 Å². The van der Waals surface area contributed by atoms with Crippen LogP contribution in [0.4, 0.5) is 0 Å². The first-order valence-corrected chi connectivity index (χ1v) is 6.08. The van der Waals surface area contributed by atoms with Gasteiger partial charge in [-0.1, -0.05) is 25.1 Å². The summed E-state index contributed by atoms with van der Waals surface area (Å²) < 4.78 is 1.74. The van der Waals surface area contributed by atoms with Gasteiger partial charge in [0.15, 0.2) is 0 Å². The number of rotatable bonds is 3. The van der Waals surface area contributed by atoms with Crippen molar-refractivity contribution >= 4 is 17.2 Å². The number of hydrogen-bond acceptors (Lipinski definition) is 2. The molecule has 3 nitrogen and oxygen atoms in total. The zero-order valence-corrected chi connectivity index (χ0v) is 10.0. The van der Waals surface area contributed by atoms with Gasteiger partial charge in [-0.3, -0.25) is 4.79 Å². The van der Waals surface area contributed by atoms with E-state index in [2.05, 4.69) is 0 Å². The molecule has 0 atom stereocenters. The van der Waals surface area contributed by atoms with Crippen molar-refractivity contribution < 1.29 is 0 Å². The van der Waals surface area contributed by atoms with Crippen molar-refractivity contribution in [3.8, 4) is 0 Å². The number of nitrogens with two attached hydrogens (primary N) is 1. The molecule has 2 rings (SSSR count). The lowest BCUT2D eigenvalue weighted by Crippen LogP contribution is -2.29. The molecule has 0 aliphatic heterocycles. The van der Waals surface area contributed by atoms with Crippen molar-refractivity contribution in [3.05, 3.63) is 34.2 Å². The van der Waals surface area contributed by atoms with Gasteiger partial charge in [0, 0.05) is 12.7 Å². The Morgan fingerprint density at radius 1 is 1.50 bits per heavy atom. The summed E-state index contributed by atoms with van der Waals surface area (Å²) in [5.41, 5.74) is 5.91. The molecule has 2 N–H and O–H groups in total. The zero-order valence-electron chi connectivity index (χ0n) is 9.19. The largest absolute Gasteiger partial charge is 0.389 e. The molecular weight excluding hydrogens is 220 g/mol. The van der Waals surface area contributed by atoms with Gasteiger partial charge in [0.25, 0.3) is 5.56 Å². The van der Waals surface area contributed by atoms with Gasteiger partial charge in [0.1, 0.15) is 4.99 Å². The maximum absolute atomic E-state index is 12.0. The Bertz CT molecular complexity index is 447. The molecule has 1 heterocycles. The van der Waals surface area contributed by atoms with Crippen LogP contribution in [-0.2, 0) is 6.54 Å². The third-order valence-corrected chi connectivity index (χ3v) is 3.44. The predicted molar refractivity (Wildman–Crippen MR) is 68.5 cm³/mol. The molecule has 1 aliphatic carbocycles. The van der Waals surface area contributed by atoms with Crippen LogP contribution in [0.15, 0.2) is 23.1 Å². The minimum Gasteiger partial charge on any atom is -0.389 e. The second kappa shape index (κ2) is 4.78. The Balaban J connectivity index is 2.24. The number of thiocarbonyl (C=S) groups is 1. The lowest BCUT2D eigenvalue weighted by Gasteiger charge is -2.12. The maximum atomic E-state index is 12.0. The van der Waals surface area contributed by atoms with Gasteiger partial charge in [-0.15, -0.1) is 0 Å². The SMILES string of the molecule is NC(=S)c1cccn(CC2CCCC2)c1=O. The summed E-state index contributed by atoms with van der Waals surface area (Å²) in [4.78, 5) is 12.2. The number of hydrogen-bond donors (Lipinski definition) is 1. The van der Waals surface area contributed by atoms with Crippen LogP contribution in [0.2, 0.25) is 0 Å². The van der Waals surface area contributed by atoms with Gasteiger partial charge in [-0.25, -0.2) is 0 Å². The van der Waals surface area contributed by atoms with Crippen molar-refractivity contribution in [2.24, 2.45) is 11.7 Å². The van der Waals surface area contributed by atoms with Crippen LogP contribution in [0.1, 0.15) is 31.2 Å². The summed E-state index contributed by atoms with van der Waals surface area (Å²) in [6.07, 6.45) is 6.85. The van der Waals surface area contributed by atoms with Crippen molar-refractivity contribution in [2.75, 3.05) is 0 Å². The average Bonchev–Trinajstić information content (AvgIpc) is 2.73. The summed E-state index contributed by atoms with van der Waals surface area (Å²) in [5.74, 6) is 0.638. The van der Waals surface area contributed by atoms with Gasteiger partial charge in [-0.2, -0.15) is 0 Å². The molecule has 0 amide bonds. The highest BCUT2D eigenvalue weighted by Gasteiger charge is 2.16. The molecule has 0 unspecified atom stereocenters. The molecule has 1 aromatic heterocycles. The van der Waals surface area contributed by atoms with Gasteiger partial charge in [0.2, 0.25) is 0 Å². The van der Waals surface area contributed by atoms with E-state index in [4.69, 9.17) is 18.0 Å². The van der Waals surface area contributed by atoms with Gasteiger partial charge < -0.3 is 10.3 Å². The summed E-state index contributed by atoms with van der Waals surface area (Å²) in [5, 5.41) is 0. The molecule has 1 aliphatic rings. The minimum absolute atomic E-state index is 0.0538. The molecule has 4 heteroatoms. The summed E-state index contributed by atoms with van der Waals surface area (Å²) in [6, 6.07) is 3.53. The molecule has 0 bridgehead atoms. The zero-order chi connectivity index (χ0) is 11.5. The second-order valence-electron chi connectivity index (χ2n) is 4.39. The van der Waals surface area contributed by atoms with E-state index >= 15 is 0 Å². The summed E-state index contributed by atoms with van der Waals surface area (Å²) >= 11 is 4.86. The first kappa shape index (κ1) is 11.3. The molecule has 0 saturated heterocycles. The van der Waals surface area contributed by atoms with Crippen LogP contribution in [0.3, 0.4) is 0 Å². The Hall–Kier alpha value is -1.16. The van der Waals surface area contributed by atoms with Gasteiger partial charge in [0.05, 0.1) is 5.56 Å². The molecule has 1 aromatic rings. The molecule has 1 saturated carbocycles. The molecule has 0 aromatic carbocycles. The highest BCUT2D eigenvalue weighted by atomic mass is 32.1. The maximum Gasteiger partial charge on any atom is 0.260 e. The highest BCUT2D eigenvalue weighted by Crippen LogP contribution is 2.25. The summed E-state index contributed by atoms with van der Waals surface area (Å²) in [7, 11) is 0. The van der Waals surface area contributed by atoms with Crippen LogP contribution in [0, 0.1) is 5.92 Å². The van der Waals surface area contributed by atoms with Crippen LogP contribution < -0.4 is 11.3 Å². The molecule has 0 spiro atoms. The van der Waals surface area contributed by atoms with E-state index in [1.54, 1.807) is 10.6 Å². The molecule has 16 heavy (non-hydrogen) atoms. The van der Waals surface area contributed by atoms with E-state index in [0.717, 1.165) is 6.54 Å². The Morgan fingerprint density at radius 2 is 2.19 bits per heavy atom. The Morgan fingerprint density at radius 3 is 2.81 bits per heavy atom. The molecule has 86 valence electrons. The minimum atomic E-state index is -0.0538. The molecular formula is C12H16N2OS. The van der Waals surface area contributed by atoms with Crippen molar-refractivity contribution in [1.29, 1.82) is 0 Å². The molecule has 0 radical (unpaired) electrons. The van der Waals surface area contributed by atoms with Gasteiger partial charge in [-0.05, 0) is 30.9 Å². The number of aromatic nitrogens is 1. The topological polar surface area (TPSA) is 48.0 Å². The fraction of sp³-hybridized carbons (Fsp3) is 0.500. The lowest BCUT2D eigenvalue weighted by molar-refractivity contribution is 0.449. The Labute approximate surface area is 100 Å². The fourth-order valence-corrected chi connectivity index (χ4v) is 2.49. The first-order chi connectivity index (χ1) is 7.68. The van der Waals surface area contributed by atoms with Crippen molar-refractivity contribution in [3.63, 3.8) is 0 Å². The normalized spacial score (nSPS) is 16.5. The molecule has 1 fully saturated rings. The summed E-state index contributed by atoms with van der Waals surface area (Å²) in [6.45, 7) is 0.801. The van der Waals surface area contributed by atoms with E-state index in [9.17, 15) is 4.79 Å². The number of nitrogens with zero attached hydrogens (tertiary/aromatic N) is 1. The van der Waals surface area contributed by atoms with Crippen LogP contribution >= 0.6 is 12.2 Å². The monoisotopic (exact) mass is 236 g/mol. The first-order valence-electron chi connectivity index (χ1n) is 5.68. The van der Waals surface area contributed by atoms with Crippen LogP contribution in [-0.4, -0.2) is 9.56 Å². The van der Waals surface area contributed by atoms with E-state index in [1.165, 1.54) is 25.7 Å². The highest BCUT2D eigenvalue weighted by molar-refractivity contribution is 7.80. The Kier molecular flexibility index (Phi) is 3.39. The quantitative estimate of drug-likeness (QED) is 0.812. The fourth-order valence-electron chi connectivity index (χ4n) is 2.34. The number of pyridine rings is 1.